The van der Waals surface area contributed by atoms with Crippen LogP contribution >= 0.6 is 0 Å². The van der Waals surface area contributed by atoms with Crippen molar-refractivity contribution in [2.24, 2.45) is 0 Å². The molecule has 2 atom stereocenters. The molecule has 3 aromatic heterocycles. The van der Waals surface area contributed by atoms with E-state index in [1.54, 1.807) is 6.26 Å². The van der Waals surface area contributed by atoms with Crippen molar-refractivity contribution >= 4 is 5.65 Å². The Morgan fingerprint density at radius 2 is 2.32 bits per heavy atom. The number of hydrogen-bond donors (Lipinski definition) is 0. The molecule has 0 amide bonds. The van der Waals surface area contributed by atoms with E-state index in [0.717, 1.165) is 24.3 Å². The summed E-state index contributed by atoms with van der Waals surface area (Å²) in [6.07, 6.45) is 9.20. The van der Waals surface area contributed by atoms with Crippen LogP contribution in [0.5, 0.6) is 0 Å². The SMILES string of the molecule is Cc1cc2ncc3c(n2n1)C[C@@H]1CC[C@@H]3N1Cc1ccoc1. The second kappa shape index (κ2) is 4.43. The van der Waals surface area contributed by atoms with Crippen molar-refractivity contribution in [1.82, 2.24) is 19.5 Å². The smallest absolute Gasteiger partial charge is 0.155 e. The van der Waals surface area contributed by atoms with Crippen LogP contribution in [0.15, 0.2) is 35.3 Å². The highest BCUT2D eigenvalue weighted by Crippen LogP contribution is 2.44. The quantitative estimate of drug-likeness (QED) is 0.729. The molecule has 1 fully saturated rings. The molecule has 0 N–H and O–H groups in total. The molecule has 0 aromatic carbocycles. The predicted octanol–water partition coefficient (Wildman–Crippen LogP) is 2.89. The van der Waals surface area contributed by atoms with Gasteiger partial charge in [-0.25, -0.2) is 9.50 Å². The summed E-state index contributed by atoms with van der Waals surface area (Å²) in [5, 5.41) is 4.64. The number of fused-ring (bicyclic) bond motifs is 6. The summed E-state index contributed by atoms with van der Waals surface area (Å²) in [5.41, 5.74) is 5.97. The number of aromatic nitrogens is 3. The molecule has 5 heteroatoms. The standard InChI is InChI=1S/C17H18N4O/c1-11-6-17-18-8-14-15-3-2-13(7-16(14)21(17)19-11)20(15)9-12-4-5-22-10-12/h4-6,8,10,13,15H,2-3,7,9H2,1H3/t13-,15-/m0/s1. The third kappa shape index (κ3) is 1.69. The van der Waals surface area contributed by atoms with E-state index in [9.17, 15) is 0 Å². The maximum absolute atomic E-state index is 5.22. The molecule has 2 aliphatic rings. The Morgan fingerprint density at radius 1 is 1.36 bits per heavy atom. The third-order valence-corrected chi connectivity index (χ3v) is 5.11. The number of rotatable bonds is 2. The first kappa shape index (κ1) is 12.4. The summed E-state index contributed by atoms with van der Waals surface area (Å²) < 4.78 is 7.28. The average molecular weight is 294 g/mol. The summed E-state index contributed by atoms with van der Waals surface area (Å²) in [5.74, 6) is 0. The molecule has 5 nitrogen and oxygen atoms in total. The molecule has 0 unspecified atom stereocenters. The molecule has 2 bridgehead atoms. The van der Waals surface area contributed by atoms with Crippen molar-refractivity contribution < 1.29 is 4.42 Å². The highest BCUT2D eigenvalue weighted by atomic mass is 16.3. The van der Waals surface area contributed by atoms with Crippen molar-refractivity contribution in [1.29, 1.82) is 0 Å². The second-order valence-corrected chi connectivity index (χ2v) is 6.47. The van der Waals surface area contributed by atoms with Crippen LogP contribution in [-0.2, 0) is 13.0 Å². The van der Waals surface area contributed by atoms with Crippen LogP contribution < -0.4 is 0 Å². The fourth-order valence-corrected chi connectivity index (χ4v) is 4.14. The van der Waals surface area contributed by atoms with Crippen molar-refractivity contribution in [3.05, 3.63) is 53.4 Å². The number of aryl methyl sites for hydroxylation is 1. The molecule has 2 aliphatic heterocycles. The molecule has 1 saturated heterocycles. The summed E-state index contributed by atoms with van der Waals surface area (Å²) in [6.45, 7) is 2.99. The molecule has 0 saturated carbocycles. The van der Waals surface area contributed by atoms with Gasteiger partial charge in [-0.2, -0.15) is 5.10 Å². The van der Waals surface area contributed by atoms with Gasteiger partial charge < -0.3 is 4.42 Å². The fourth-order valence-electron chi connectivity index (χ4n) is 4.14. The Labute approximate surface area is 128 Å². The highest BCUT2D eigenvalue weighted by molar-refractivity contribution is 5.44. The zero-order chi connectivity index (χ0) is 14.7. The highest BCUT2D eigenvalue weighted by Gasteiger charge is 2.41. The predicted molar refractivity (Wildman–Crippen MR) is 81.4 cm³/mol. The van der Waals surface area contributed by atoms with Crippen LogP contribution in [0.25, 0.3) is 5.65 Å². The van der Waals surface area contributed by atoms with E-state index < -0.39 is 0 Å². The Bertz CT molecular complexity index is 836. The maximum Gasteiger partial charge on any atom is 0.155 e. The minimum atomic E-state index is 0.463. The average Bonchev–Trinajstić information content (AvgIpc) is 3.19. The third-order valence-electron chi connectivity index (χ3n) is 5.11. The van der Waals surface area contributed by atoms with Gasteiger partial charge in [0.15, 0.2) is 5.65 Å². The lowest BCUT2D eigenvalue weighted by atomic mass is 9.98. The molecular formula is C17H18N4O. The van der Waals surface area contributed by atoms with Gasteiger partial charge in [-0.1, -0.05) is 0 Å². The lowest BCUT2D eigenvalue weighted by Gasteiger charge is -2.35. The monoisotopic (exact) mass is 294 g/mol. The van der Waals surface area contributed by atoms with Gasteiger partial charge in [0.2, 0.25) is 0 Å². The molecule has 0 aliphatic carbocycles. The molecular weight excluding hydrogens is 276 g/mol. The van der Waals surface area contributed by atoms with E-state index >= 15 is 0 Å². The number of hydrogen-bond acceptors (Lipinski definition) is 4. The fraction of sp³-hybridized carbons (Fsp3) is 0.412. The molecule has 5 rings (SSSR count). The summed E-state index contributed by atoms with van der Waals surface area (Å²) in [7, 11) is 0. The Morgan fingerprint density at radius 3 is 3.18 bits per heavy atom. The van der Waals surface area contributed by atoms with Gasteiger partial charge in [0.05, 0.1) is 23.9 Å². The topological polar surface area (TPSA) is 46.6 Å². The van der Waals surface area contributed by atoms with Crippen molar-refractivity contribution in [3.63, 3.8) is 0 Å². The lowest BCUT2D eigenvalue weighted by Crippen LogP contribution is -2.38. The number of furan rings is 1. The zero-order valence-electron chi connectivity index (χ0n) is 12.6. The first-order valence-electron chi connectivity index (χ1n) is 7.90. The van der Waals surface area contributed by atoms with Crippen LogP contribution in [0.4, 0.5) is 0 Å². The van der Waals surface area contributed by atoms with Gasteiger partial charge in [0.25, 0.3) is 0 Å². The zero-order valence-corrected chi connectivity index (χ0v) is 12.6. The van der Waals surface area contributed by atoms with E-state index in [1.807, 2.05) is 13.2 Å². The number of nitrogens with zero attached hydrogens (tertiary/aromatic N) is 4. The Kier molecular flexibility index (Phi) is 2.50. The Hall–Kier alpha value is -2.14. The van der Waals surface area contributed by atoms with Crippen LogP contribution in [-0.4, -0.2) is 25.5 Å². The lowest BCUT2D eigenvalue weighted by molar-refractivity contribution is 0.164. The second-order valence-electron chi connectivity index (χ2n) is 6.47. The first-order chi connectivity index (χ1) is 10.8. The molecule has 112 valence electrons. The largest absolute Gasteiger partial charge is 0.472 e. The Balaban J connectivity index is 1.59. The van der Waals surface area contributed by atoms with E-state index in [4.69, 9.17) is 4.42 Å². The molecule has 3 aromatic rings. The summed E-state index contributed by atoms with van der Waals surface area (Å²) in [4.78, 5) is 7.23. The van der Waals surface area contributed by atoms with Crippen LogP contribution in [0, 0.1) is 6.92 Å². The minimum Gasteiger partial charge on any atom is -0.472 e. The summed E-state index contributed by atoms with van der Waals surface area (Å²) >= 11 is 0. The van der Waals surface area contributed by atoms with E-state index in [-0.39, 0.29) is 0 Å². The maximum atomic E-state index is 5.22. The van der Waals surface area contributed by atoms with Crippen molar-refractivity contribution in [2.75, 3.05) is 0 Å². The van der Waals surface area contributed by atoms with Gasteiger partial charge in [0.1, 0.15) is 0 Å². The van der Waals surface area contributed by atoms with Gasteiger partial charge in [0, 0.05) is 48.4 Å². The van der Waals surface area contributed by atoms with Crippen LogP contribution in [0.3, 0.4) is 0 Å². The molecule has 5 heterocycles. The normalized spacial score (nSPS) is 24.0. The van der Waals surface area contributed by atoms with E-state index in [2.05, 4.69) is 37.8 Å². The van der Waals surface area contributed by atoms with E-state index in [0.29, 0.717) is 12.1 Å². The molecule has 22 heavy (non-hydrogen) atoms. The van der Waals surface area contributed by atoms with Gasteiger partial charge in [-0.15, -0.1) is 0 Å². The van der Waals surface area contributed by atoms with E-state index in [1.165, 1.54) is 29.7 Å². The van der Waals surface area contributed by atoms with Crippen molar-refractivity contribution in [2.45, 2.75) is 44.8 Å². The van der Waals surface area contributed by atoms with Crippen molar-refractivity contribution in [3.8, 4) is 0 Å². The minimum absolute atomic E-state index is 0.463. The van der Waals surface area contributed by atoms with Crippen LogP contribution in [0.2, 0.25) is 0 Å². The van der Waals surface area contributed by atoms with Gasteiger partial charge in [-0.3, -0.25) is 4.90 Å². The summed E-state index contributed by atoms with van der Waals surface area (Å²) in [6, 6.07) is 5.18. The van der Waals surface area contributed by atoms with Gasteiger partial charge in [-0.05, 0) is 25.8 Å². The molecule has 0 radical (unpaired) electrons. The first-order valence-corrected chi connectivity index (χ1v) is 7.90. The van der Waals surface area contributed by atoms with Crippen LogP contribution in [0.1, 0.15) is 41.4 Å². The molecule has 0 spiro atoms. The van der Waals surface area contributed by atoms with Gasteiger partial charge >= 0.3 is 0 Å².